The highest BCUT2D eigenvalue weighted by atomic mass is 32.1. The second-order valence-electron chi connectivity index (χ2n) is 7.41. The van der Waals surface area contributed by atoms with E-state index in [0.29, 0.717) is 29.4 Å². The molecule has 0 bridgehead atoms. The molecule has 2 aromatic carbocycles. The quantitative estimate of drug-likeness (QED) is 0.600. The predicted octanol–water partition coefficient (Wildman–Crippen LogP) is 4.20. The Kier molecular flexibility index (Phi) is 5.26. The first-order valence-corrected chi connectivity index (χ1v) is 10.5. The Hall–Kier alpha value is -3.26. The molecule has 0 aliphatic carbocycles. The molecule has 3 aromatic rings. The number of fused-ring (bicyclic) bond motifs is 2. The van der Waals surface area contributed by atoms with E-state index >= 15 is 0 Å². The molecule has 1 aliphatic heterocycles. The molecule has 1 aliphatic rings. The van der Waals surface area contributed by atoms with Crippen LogP contribution in [0.15, 0.2) is 36.4 Å². The molecular weight excluding hydrogens is 402 g/mol. The number of carbonyl (C=O) groups is 3. The van der Waals surface area contributed by atoms with Crippen LogP contribution in [0.4, 0.5) is 5.13 Å². The van der Waals surface area contributed by atoms with Gasteiger partial charge in [0.15, 0.2) is 5.13 Å². The first kappa shape index (κ1) is 20.0. The van der Waals surface area contributed by atoms with Gasteiger partial charge in [-0.15, -0.1) is 0 Å². The summed E-state index contributed by atoms with van der Waals surface area (Å²) >= 11 is 1.34. The van der Waals surface area contributed by atoms with Gasteiger partial charge in [-0.2, -0.15) is 0 Å². The molecule has 8 heteroatoms. The Balaban J connectivity index is 1.55. The van der Waals surface area contributed by atoms with E-state index in [2.05, 4.69) is 10.3 Å². The summed E-state index contributed by atoms with van der Waals surface area (Å²) in [6, 6.07) is 10.1. The number of anilines is 1. The number of benzene rings is 2. The molecule has 0 radical (unpaired) electrons. The van der Waals surface area contributed by atoms with Gasteiger partial charge in [-0.1, -0.05) is 25.2 Å². The number of imide groups is 1. The molecule has 1 N–H and O–H groups in total. The lowest BCUT2D eigenvalue weighted by atomic mass is 10.1. The molecule has 30 heavy (non-hydrogen) atoms. The van der Waals surface area contributed by atoms with Crippen LogP contribution in [0.1, 0.15) is 51.8 Å². The Morgan fingerprint density at radius 1 is 1.13 bits per heavy atom. The molecule has 0 saturated heterocycles. The zero-order valence-corrected chi connectivity index (χ0v) is 17.7. The fourth-order valence-corrected chi connectivity index (χ4v) is 4.24. The first-order chi connectivity index (χ1) is 14.4. The number of aromatic nitrogens is 1. The zero-order chi connectivity index (χ0) is 21.4. The van der Waals surface area contributed by atoms with Crippen molar-refractivity contribution in [1.29, 1.82) is 0 Å². The largest absolute Gasteiger partial charge is 0.494 e. The van der Waals surface area contributed by atoms with Gasteiger partial charge in [-0.3, -0.25) is 24.6 Å². The topological polar surface area (TPSA) is 88.6 Å². The van der Waals surface area contributed by atoms with Gasteiger partial charge in [-0.05, 0) is 49.2 Å². The summed E-state index contributed by atoms with van der Waals surface area (Å²) in [7, 11) is 0. The van der Waals surface area contributed by atoms with Gasteiger partial charge in [-0.25, -0.2) is 4.98 Å². The fourth-order valence-electron chi connectivity index (χ4n) is 3.35. The van der Waals surface area contributed by atoms with Crippen LogP contribution in [-0.2, 0) is 0 Å². The highest BCUT2D eigenvalue weighted by molar-refractivity contribution is 7.22. The summed E-state index contributed by atoms with van der Waals surface area (Å²) in [4.78, 5) is 43.5. The summed E-state index contributed by atoms with van der Waals surface area (Å²) in [5, 5.41) is 3.23. The number of hydrogen-bond donors (Lipinski definition) is 1. The minimum Gasteiger partial charge on any atom is -0.494 e. The van der Waals surface area contributed by atoms with Crippen molar-refractivity contribution in [3.63, 3.8) is 0 Å². The van der Waals surface area contributed by atoms with E-state index in [1.165, 1.54) is 28.4 Å². The Labute approximate surface area is 177 Å². The number of amides is 3. The van der Waals surface area contributed by atoms with Gasteiger partial charge >= 0.3 is 0 Å². The molecule has 1 aromatic heterocycles. The molecule has 0 fully saturated rings. The first-order valence-electron chi connectivity index (χ1n) is 9.72. The summed E-state index contributed by atoms with van der Waals surface area (Å²) < 4.78 is 6.39. The molecule has 0 atom stereocenters. The van der Waals surface area contributed by atoms with Crippen LogP contribution >= 0.6 is 11.3 Å². The fraction of sp³-hybridized carbons (Fsp3) is 0.273. The van der Waals surface area contributed by atoms with Crippen LogP contribution in [0.25, 0.3) is 10.2 Å². The van der Waals surface area contributed by atoms with Gasteiger partial charge in [0.25, 0.3) is 17.7 Å². The van der Waals surface area contributed by atoms with Gasteiger partial charge in [0, 0.05) is 12.1 Å². The summed E-state index contributed by atoms with van der Waals surface area (Å²) in [5.41, 5.74) is 1.66. The lowest BCUT2D eigenvalue weighted by molar-refractivity contribution is 0.0636. The average Bonchev–Trinajstić information content (AvgIpc) is 3.21. The number of nitrogens with zero attached hydrogens (tertiary/aromatic N) is 2. The normalized spacial score (nSPS) is 13.3. The van der Waals surface area contributed by atoms with Crippen LogP contribution in [0, 0.1) is 5.92 Å². The molecule has 0 spiro atoms. The highest BCUT2D eigenvalue weighted by Crippen LogP contribution is 2.30. The summed E-state index contributed by atoms with van der Waals surface area (Å²) in [6.07, 6.45) is 0. The van der Waals surface area contributed by atoms with Crippen molar-refractivity contribution >= 4 is 44.4 Å². The number of ether oxygens (including phenoxy) is 1. The Bertz CT molecular complexity index is 1170. The average molecular weight is 423 g/mol. The highest BCUT2D eigenvalue weighted by Gasteiger charge is 2.36. The maximum Gasteiger partial charge on any atom is 0.261 e. The monoisotopic (exact) mass is 423 g/mol. The van der Waals surface area contributed by atoms with Gasteiger partial charge < -0.3 is 4.74 Å². The molecule has 2 heterocycles. The maximum atomic E-state index is 12.7. The molecule has 0 saturated carbocycles. The number of hydrogen-bond acceptors (Lipinski definition) is 6. The van der Waals surface area contributed by atoms with E-state index in [-0.39, 0.29) is 29.2 Å². The van der Waals surface area contributed by atoms with E-state index in [1.54, 1.807) is 6.07 Å². The van der Waals surface area contributed by atoms with E-state index in [0.717, 1.165) is 16.0 Å². The number of carbonyl (C=O) groups excluding carboxylic acids is 3. The molecule has 154 valence electrons. The lowest BCUT2D eigenvalue weighted by Gasteiger charge is -2.15. The van der Waals surface area contributed by atoms with Crippen molar-refractivity contribution in [1.82, 2.24) is 9.88 Å². The Morgan fingerprint density at radius 3 is 2.63 bits per heavy atom. The van der Waals surface area contributed by atoms with Crippen molar-refractivity contribution in [3.05, 3.63) is 53.1 Å². The SMILES string of the molecule is CCOc1ccc2nc(NC(=O)c3ccc4c(c3)C(=O)N(CC(C)C)C4=O)sc2c1. The summed E-state index contributed by atoms with van der Waals surface area (Å²) in [5.74, 6) is -0.144. The summed E-state index contributed by atoms with van der Waals surface area (Å²) in [6.45, 7) is 6.72. The molecular formula is C22H21N3O4S. The van der Waals surface area contributed by atoms with Crippen LogP contribution in [-0.4, -0.2) is 40.8 Å². The van der Waals surface area contributed by atoms with E-state index in [4.69, 9.17) is 4.74 Å². The standard InChI is InChI=1S/C22H21N3O4S/c1-4-29-14-6-8-17-18(10-14)30-22(23-17)24-19(26)13-5-7-15-16(9-13)21(28)25(20(15)27)11-12(2)3/h5-10,12H,4,11H2,1-3H3,(H,23,24,26). The molecule has 0 unspecified atom stereocenters. The van der Waals surface area contributed by atoms with Crippen molar-refractivity contribution < 1.29 is 19.1 Å². The van der Waals surface area contributed by atoms with Crippen LogP contribution in [0.3, 0.4) is 0 Å². The predicted molar refractivity (Wildman–Crippen MR) is 115 cm³/mol. The van der Waals surface area contributed by atoms with Crippen molar-refractivity contribution in [2.45, 2.75) is 20.8 Å². The van der Waals surface area contributed by atoms with Gasteiger partial charge in [0.1, 0.15) is 5.75 Å². The molecule has 4 rings (SSSR count). The van der Waals surface area contributed by atoms with Gasteiger partial charge in [0.05, 0.1) is 28.0 Å². The second-order valence-corrected chi connectivity index (χ2v) is 8.44. The Morgan fingerprint density at radius 2 is 1.90 bits per heavy atom. The van der Waals surface area contributed by atoms with E-state index < -0.39 is 0 Å². The number of thiazole rings is 1. The van der Waals surface area contributed by atoms with E-state index in [1.807, 2.05) is 39.0 Å². The minimum atomic E-state index is -0.385. The maximum absolute atomic E-state index is 12.7. The van der Waals surface area contributed by atoms with Crippen LogP contribution in [0.5, 0.6) is 5.75 Å². The van der Waals surface area contributed by atoms with Gasteiger partial charge in [0.2, 0.25) is 0 Å². The molecule has 7 nitrogen and oxygen atoms in total. The van der Waals surface area contributed by atoms with Crippen LogP contribution < -0.4 is 10.1 Å². The number of nitrogens with one attached hydrogen (secondary N) is 1. The zero-order valence-electron chi connectivity index (χ0n) is 16.9. The van der Waals surface area contributed by atoms with Crippen molar-refractivity contribution in [2.24, 2.45) is 5.92 Å². The third-order valence-electron chi connectivity index (χ3n) is 4.67. The third kappa shape index (κ3) is 3.66. The second kappa shape index (κ2) is 7.87. The minimum absolute atomic E-state index is 0.164. The number of rotatable bonds is 6. The van der Waals surface area contributed by atoms with Crippen LogP contribution in [0.2, 0.25) is 0 Å². The van der Waals surface area contributed by atoms with Crippen molar-refractivity contribution in [3.8, 4) is 5.75 Å². The third-order valence-corrected chi connectivity index (χ3v) is 5.61. The van der Waals surface area contributed by atoms with E-state index in [9.17, 15) is 14.4 Å². The molecule has 3 amide bonds. The smallest absolute Gasteiger partial charge is 0.261 e. The lowest BCUT2D eigenvalue weighted by Crippen LogP contribution is -2.33. The van der Waals surface area contributed by atoms with Crippen molar-refractivity contribution in [2.75, 3.05) is 18.5 Å².